The van der Waals surface area contributed by atoms with Crippen LogP contribution in [-0.4, -0.2) is 64.2 Å². The van der Waals surface area contributed by atoms with E-state index in [2.05, 4.69) is 5.32 Å². The highest BCUT2D eigenvalue weighted by atomic mass is 16.3. The maximum atomic E-state index is 13.4. The minimum Gasteiger partial charge on any atom is -0.511 e. The zero-order chi connectivity index (χ0) is 24.2. The third-order valence-corrected chi connectivity index (χ3v) is 6.51. The first kappa shape index (κ1) is 22.5. The first-order valence-corrected chi connectivity index (χ1v) is 10.5. The number of carbonyl (C=O) groups is 4. The Kier molecular flexibility index (Phi) is 5.49. The predicted octanol–water partition coefficient (Wildman–Crippen LogP) is 0.809. The number of fused-ring (bicyclic) bond motifs is 3. The molecule has 174 valence electrons. The molecule has 3 aliphatic rings. The van der Waals surface area contributed by atoms with Crippen molar-refractivity contribution in [2.75, 3.05) is 26.0 Å². The third-order valence-electron chi connectivity index (χ3n) is 6.51. The second-order valence-corrected chi connectivity index (χ2v) is 9.02. The topological polar surface area (TPSA) is 170 Å². The van der Waals surface area contributed by atoms with Gasteiger partial charge in [0.1, 0.15) is 22.8 Å². The number of Topliss-reactive ketones (excluding diaryl/α,β-unsaturated/α-hetero) is 2. The third kappa shape index (κ3) is 3.66. The van der Waals surface area contributed by atoms with Crippen molar-refractivity contribution < 1.29 is 34.5 Å². The van der Waals surface area contributed by atoms with Gasteiger partial charge in [0.25, 0.3) is 5.91 Å². The van der Waals surface area contributed by atoms with Crippen LogP contribution < -0.4 is 11.1 Å². The molecule has 2 amide bonds. The molecule has 0 spiro atoms. The van der Waals surface area contributed by atoms with Gasteiger partial charge in [0.15, 0.2) is 11.6 Å². The predicted molar refractivity (Wildman–Crippen MR) is 117 cm³/mol. The van der Waals surface area contributed by atoms with E-state index in [4.69, 9.17) is 5.73 Å². The molecule has 1 aromatic rings. The van der Waals surface area contributed by atoms with E-state index in [0.717, 1.165) is 0 Å². The molecule has 1 unspecified atom stereocenters. The summed E-state index contributed by atoms with van der Waals surface area (Å²) in [5.74, 6) is -6.17. The molecule has 4 rings (SSSR count). The number of aromatic hydroxyl groups is 1. The number of primary amides is 1. The summed E-state index contributed by atoms with van der Waals surface area (Å²) in [6.07, 6.45) is 0.400. The molecule has 0 bridgehead atoms. The Balaban J connectivity index is 1.79. The van der Waals surface area contributed by atoms with Crippen LogP contribution in [0.2, 0.25) is 0 Å². The van der Waals surface area contributed by atoms with E-state index < -0.39 is 52.3 Å². The molecule has 3 atom stereocenters. The van der Waals surface area contributed by atoms with Gasteiger partial charge in [-0.15, -0.1) is 0 Å². The average molecular weight is 455 g/mol. The van der Waals surface area contributed by atoms with E-state index in [0.29, 0.717) is 11.3 Å². The van der Waals surface area contributed by atoms with Crippen molar-refractivity contribution in [1.82, 2.24) is 4.90 Å². The highest BCUT2D eigenvalue weighted by molar-refractivity contribution is 6.21. The smallest absolute Gasteiger partial charge is 0.255 e. The lowest BCUT2D eigenvalue weighted by atomic mass is 9.61. The van der Waals surface area contributed by atoms with Crippen molar-refractivity contribution in [3.8, 4) is 5.75 Å². The molecule has 3 aliphatic carbocycles. The Morgan fingerprint density at radius 1 is 1.15 bits per heavy atom. The Bertz CT molecular complexity index is 1160. The number of nitrogens with one attached hydrogen (secondary N) is 1. The highest BCUT2D eigenvalue weighted by Gasteiger charge is 2.51. The van der Waals surface area contributed by atoms with Crippen LogP contribution in [0, 0.1) is 17.8 Å². The lowest BCUT2D eigenvalue weighted by Gasteiger charge is -2.41. The normalized spacial score (nSPS) is 24.4. The van der Waals surface area contributed by atoms with Crippen LogP contribution in [0.4, 0.5) is 5.69 Å². The van der Waals surface area contributed by atoms with Crippen molar-refractivity contribution in [3.05, 3.63) is 40.2 Å². The molecule has 1 saturated carbocycles. The van der Waals surface area contributed by atoms with Crippen LogP contribution in [0.3, 0.4) is 0 Å². The fourth-order valence-corrected chi connectivity index (χ4v) is 5.24. The lowest BCUT2D eigenvalue weighted by molar-refractivity contribution is -0.127. The quantitative estimate of drug-likeness (QED) is 0.328. The molecule has 0 aromatic heterocycles. The number of aliphatic hydroxyl groups excluding tert-OH is 2. The van der Waals surface area contributed by atoms with Crippen molar-refractivity contribution in [2.24, 2.45) is 23.5 Å². The molecular weight excluding hydrogens is 430 g/mol. The summed E-state index contributed by atoms with van der Waals surface area (Å²) < 4.78 is 0. The number of hydrogen-bond donors (Lipinski definition) is 5. The minimum absolute atomic E-state index is 0.0283. The van der Waals surface area contributed by atoms with Gasteiger partial charge in [-0.2, -0.15) is 0 Å². The van der Waals surface area contributed by atoms with Crippen molar-refractivity contribution in [2.45, 2.75) is 19.3 Å². The van der Waals surface area contributed by atoms with Crippen LogP contribution in [0.15, 0.2) is 29.0 Å². The van der Waals surface area contributed by atoms with E-state index in [1.54, 1.807) is 19.0 Å². The van der Waals surface area contributed by atoms with Crippen LogP contribution in [-0.2, 0) is 25.6 Å². The molecule has 10 nitrogen and oxygen atoms in total. The van der Waals surface area contributed by atoms with Crippen molar-refractivity contribution >= 4 is 34.8 Å². The maximum absolute atomic E-state index is 13.4. The van der Waals surface area contributed by atoms with Gasteiger partial charge in [-0.25, -0.2) is 0 Å². The number of nitrogens with two attached hydrogens (primary N) is 1. The minimum atomic E-state index is -1.16. The lowest BCUT2D eigenvalue weighted by Crippen LogP contribution is -2.44. The maximum Gasteiger partial charge on any atom is 0.255 e. The number of benzene rings is 1. The second kappa shape index (κ2) is 8.04. The van der Waals surface area contributed by atoms with Gasteiger partial charge < -0.3 is 31.3 Å². The molecule has 0 heterocycles. The molecule has 33 heavy (non-hydrogen) atoms. The average Bonchev–Trinajstić information content (AvgIpc) is 2.68. The highest BCUT2D eigenvalue weighted by Crippen LogP contribution is 2.51. The second-order valence-electron chi connectivity index (χ2n) is 9.02. The number of hydrogen-bond acceptors (Lipinski definition) is 8. The summed E-state index contributed by atoms with van der Waals surface area (Å²) in [5, 5.41) is 34.8. The Hall–Kier alpha value is -3.66. The molecule has 0 radical (unpaired) electrons. The summed E-state index contributed by atoms with van der Waals surface area (Å²) in [7, 11) is 3.49. The van der Waals surface area contributed by atoms with E-state index in [1.165, 1.54) is 12.1 Å². The fourth-order valence-electron chi connectivity index (χ4n) is 5.24. The molecule has 10 heteroatoms. The van der Waals surface area contributed by atoms with Gasteiger partial charge in [0.2, 0.25) is 5.91 Å². The number of ketones is 2. The van der Waals surface area contributed by atoms with E-state index in [1.807, 2.05) is 0 Å². The van der Waals surface area contributed by atoms with Crippen LogP contribution in [0.25, 0.3) is 5.76 Å². The molecular formula is C23H25N3O7. The van der Waals surface area contributed by atoms with Gasteiger partial charge >= 0.3 is 0 Å². The van der Waals surface area contributed by atoms with E-state index in [9.17, 15) is 34.5 Å². The molecule has 1 aromatic carbocycles. The summed E-state index contributed by atoms with van der Waals surface area (Å²) in [5.41, 5.74) is 5.61. The summed E-state index contributed by atoms with van der Waals surface area (Å²) in [4.78, 5) is 51.4. The number of rotatable bonds is 4. The zero-order valence-electron chi connectivity index (χ0n) is 18.2. The van der Waals surface area contributed by atoms with Crippen molar-refractivity contribution in [1.29, 1.82) is 0 Å². The number of likely N-dealkylation sites (N-methyl/N-ethyl adjacent to an activating group) is 1. The number of allylic oxidation sites excluding steroid dienone is 2. The Morgan fingerprint density at radius 3 is 2.48 bits per heavy atom. The van der Waals surface area contributed by atoms with Gasteiger partial charge in [-0.1, -0.05) is 0 Å². The number of phenolic OH excluding ortho intramolecular Hbond substituents is 1. The SMILES string of the molecule is CN(C)CC(=O)Nc1ccc(O)c2c1C[C@H]1C[C@H]3CC(=O)C(C(N)=O)=C(O)C3C(=O)C1=C2O. The number of carbonyl (C=O) groups excluding carboxylic acids is 4. The summed E-state index contributed by atoms with van der Waals surface area (Å²) in [6, 6.07) is 2.85. The van der Waals surface area contributed by atoms with Gasteiger partial charge in [0, 0.05) is 17.7 Å². The Morgan fingerprint density at radius 2 is 1.85 bits per heavy atom. The van der Waals surface area contributed by atoms with Gasteiger partial charge in [-0.3, -0.25) is 19.2 Å². The number of nitrogens with zero attached hydrogens (tertiary/aromatic N) is 1. The monoisotopic (exact) mass is 455 g/mol. The number of phenols is 1. The number of anilines is 1. The first-order valence-electron chi connectivity index (χ1n) is 10.5. The molecule has 6 N–H and O–H groups in total. The molecule has 0 aliphatic heterocycles. The van der Waals surface area contributed by atoms with E-state index in [-0.39, 0.29) is 48.6 Å². The van der Waals surface area contributed by atoms with Crippen LogP contribution in [0.5, 0.6) is 5.75 Å². The number of amides is 2. The van der Waals surface area contributed by atoms with Crippen LogP contribution in [0.1, 0.15) is 24.0 Å². The summed E-state index contributed by atoms with van der Waals surface area (Å²) in [6.45, 7) is 0.129. The Labute approximate surface area is 189 Å². The van der Waals surface area contributed by atoms with Gasteiger partial charge in [0.05, 0.1) is 18.0 Å². The number of aliphatic hydroxyl groups is 2. The molecule has 1 fully saturated rings. The van der Waals surface area contributed by atoms with Crippen LogP contribution >= 0.6 is 0 Å². The fraction of sp³-hybridized carbons (Fsp3) is 0.391. The van der Waals surface area contributed by atoms with E-state index >= 15 is 0 Å². The summed E-state index contributed by atoms with van der Waals surface area (Å²) >= 11 is 0. The molecule has 0 saturated heterocycles. The largest absolute Gasteiger partial charge is 0.511 e. The van der Waals surface area contributed by atoms with Gasteiger partial charge in [-0.05, 0) is 56.5 Å². The standard InChI is InChI=1S/C23H25N3O7/c1-26(2)8-15(29)25-12-3-4-13(27)18-11(12)6-9-5-10-7-14(28)19(23(24)33)22(32)17(10)20(30)16(9)21(18)31/h3-4,9-10,17,27,31-32H,5-8H2,1-2H3,(H2,24,33)(H,25,29)/t9-,10+,17?/m1/s1. The first-order chi connectivity index (χ1) is 15.5. The zero-order valence-corrected chi connectivity index (χ0v) is 18.2. The van der Waals surface area contributed by atoms with Crippen molar-refractivity contribution in [3.63, 3.8) is 0 Å².